The molecule has 0 saturated heterocycles. The molecule has 5 nitrogen and oxygen atoms in total. The number of aromatic hydroxyl groups is 1. The van der Waals surface area contributed by atoms with Gasteiger partial charge in [-0.1, -0.05) is 17.7 Å². The minimum Gasteiger partial charge on any atom is -0.505 e. The van der Waals surface area contributed by atoms with Gasteiger partial charge in [0.25, 0.3) is 5.91 Å². The Balaban J connectivity index is 2.26. The maximum atomic E-state index is 12.1. The number of nitrogens with one attached hydrogen (secondary N) is 1. The molecule has 0 bridgehead atoms. The number of phenols is 1. The van der Waals surface area contributed by atoms with Crippen molar-refractivity contribution in [3.8, 4) is 11.5 Å². The van der Waals surface area contributed by atoms with Gasteiger partial charge < -0.3 is 20.9 Å². The quantitative estimate of drug-likeness (QED) is 0.600. The van der Waals surface area contributed by atoms with Crippen LogP contribution in [0.5, 0.6) is 11.5 Å². The third-order valence-electron chi connectivity index (χ3n) is 2.72. The lowest BCUT2D eigenvalue weighted by Gasteiger charge is -2.10. The molecule has 0 fully saturated rings. The summed E-state index contributed by atoms with van der Waals surface area (Å²) in [6.07, 6.45) is 0. The minimum absolute atomic E-state index is 0.0962. The maximum absolute atomic E-state index is 12.1. The van der Waals surface area contributed by atoms with Gasteiger partial charge in [-0.25, -0.2) is 0 Å². The first-order valence-electron chi connectivity index (χ1n) is 5.75. The molecule has 2 rings (SSSR count). The fourth-order valence-electron chi connectivity index (χ4n) is 1.68. The van der Waals surface area contributed by atoms with Gasteiger partial charge in [-0.15, -0.1) is 0 Å². The Morgan fingerprint density at radius 1 is 1.35 bits per heavy atom. The van der Waals surface area contributed by atoms with E-state index in [0.29, 0.717) is 16.5 Å². The van der Waals surface area contributed by atoms with E-state index >= 15 is 0 Å². The van der Waals surface area contributed by atoms with Crippen LogP contribution in [0.15, 0.2) is 36.4 Å². The summed E-state index contributed by atoms with van der Waals surface area (Å²) in [7, 11) is 1.48. The van der Waals surface area contributed by atoms with Crippen LogP contribution in [0.2, 0.25) is 5.02 Å². The molecule has 20 heavy (non-hydrogen) atoms. The maximum Gasteiger partial charge on any atom is 0.259 e. The number of phenolic OH excluding ortho intramolecular Hbond substituents is 1. The number of carbonyl (C=O) groups is 1. The second-order valence-electron chi connectivity index (χ2n) is 4.05. The highest BCUT2D eigenvalue weighted by Gasteiger charge is 2.13. The van der Waals surface area contributed by atoms with Gasteiger partial charge >= 0.3 is 0 Å². The molecule has 2 aromatic carbocycles. The first kappa shape index (κ1) is 14.0. The zero-order chi connectivity index (χ0) is 14.7. The van der Waals surface area contributed by atoms with Gasteiger partial charge in [0.2, 0.25) is 0 Å². The molecule has 0 aliphatic carbocycles. The Morgan fingerprint density at radius 3 is 2.80 bits per heavy atom. The fourth-order valence-corrected chi connectivity index (χ4v) is 1.88. The van der Waals surface area contributed by atoms with E-state index in [1.807, 2.05) is 0 Å². The van der Waals surface area contributed by atoms with Crippen molar-refractivity contribution in [2.45, 2.75) is 0 Å². The molecule has 0 aliphatic heterocycles. The lowest BCUT2D eigenvalue weighted by molar-refractivity contribution is 0.102. The Hall–Kier alpha value is -2.40. The number of nitrogens with two attached hydrogens (primary N) is 1. The second kappa shape index (κ2) is 5.71. The van der Waals surface area contributed by atoms with Gasteiger partial charge in [0.05, 0.1) is 23.4 Å². The highest BCUT2D eigenvalue weighted by molar-refractivity contribution is 6.32. The lowest BCUT2D eigenvalue weighted by atomic mass is 10.1. The molecule has 6 heteroatoms. The monoisotopic (exact) mass is 292 g/mol. The molecule has 0 heterocycles. The molecular weight excluding hydrogens is 280 g/mol. The first-order chi connectivity index (χ1) is 9.52. The highest BCUT2D eigenvalue weighted by Crippen LogP contribution is 2.29. The fraction of sp³-hybridized carbons (Fsp3) is 0.0714. The Labute approximate surface area is 120 Å². The van der Waals surface area contributed by atoms with E-state index in [9.17, 15) is 9.90 Å². The van der Waals surface area contributed by atoms with Crippen molar-refractivity contribution in [1.29, 1.82) is 0 Å². The predicted octanol–water partition coefficient (Wildman–Crippen LogP) is 2.89. The molecule has 104 valence electrons. The average Bonchev–Trinajstić information content (AvgIpc) is 2.43. The van der Waals surface area contributed by atoms with Gasteiger partial charge in [0, 0.05) is 11.8 Å². The standard InChI is InChI=1S/C14H13ClN2O3/c1-20-12-7-8(5-6-10(12)15)17-14(19)9-3-2-4-11(16)13(9)18/h2-7,18H,16H2,1H3,(H,17,19). The van der Waals surface area contributed by atoms with Crippen LogP contribution in [0, 0.1) is 0 Å². The van der Waals surface area contributed by atoms with Crippen molar-refractivity contribution >= 4 is 28.9 Å². The van der Waals surface area contributed by atoms with Crippen molar-refractivity contribution in [3.63, 3.8) is 0 Å². The summed E-state index contributed by atoms with van der Waals surface area (Å²) in [6.45, 7) is 0. The summed E-state index contributed by atoms with van der Waals surface area (Å²) in [4.78, 5) is 12.1. The van der Waals surface area contributed by atoms with E-state index in [1.54, 1.807) is 24.3 Å². The molecule has 1 amide bonds. The SMILES string of the molecule is COc1cc(NC(=O)c2cccc(N)c2O)ccc1Cl. The van der Waals surface area contributed by atoms with Crippen LogP contribution >= 0.6 is 11.6 Å². The van der Waals surface area contributed by atoms with Crippen molar-refractivity contribution in [3.05, 3.63) is 47.0 Å². The first-order valence-corrected chi connectivity index (χ1v) is 6.13. The van der Waals surface area contributed by atoms with Crippen LogP contribution in [0.1, 0.15) is 10.4 Å². The predicted molar refractivity (Wildman–Crippen MR) is 78.5 cm³/mol. The molecule has 4 N–H and O–H groups in total. The van der Waals surface area contributed by atoms with Gasteiger partial charge in [-0.2, -0.15) is 0 Å². The Bertz CT molecular complexity index is 659. The van der Waals surface area contributed by atoms with Crippen LogP contribution in [0.25, 0.3) is 0 Å². The van der Waals surface area contributed by atoms with Crippen molar-refractivity contribution in [1.82, 2.24) is 0 Å². The van der Waals surface area contributed by atoms with E-state index in [1.165, 1.54) is 19.2 Å². The molecule has 0 spiro atoms. The van der Waals surface area contributed by atoms with Crippen LogP contribution in [0.4, 0.5) is 11.4 Å². The molecule has 0 unspecified atom stereocenters. The lowest BCUT2D eigenvalue weighted by Crippen LogP contribution is -2.12. The zero-order valence-electron chi connectivity index (χ0n) is 10.7. The van der Waals surface area contributed by atoms with E-state index < -0.39 is 5.91 Å². The van der Waals surface area contributed by atoms with Gasteiger partial charge in [0.1, 0.15) is 5.75 Å². The topological polar surface area (TPSA) is 84.6 Å². The molecule has 0 aliphatic rings. The number of nitrogen functional groups attached to an aromatic ring is 1. The number of halogens is 1. The minimum atomic E-state index is -0.473. The third kappa shape index (κ3) is 2.78. The second-order valence-corrected chi connectivity index (χ2v) is 4.45. The van der Waals surface area contributed by atoms with Gasteiger partial charge in [-0.3, -0.25) is 4.79 Å². The number of methoxy groups -OCH3 is 1. The summed E-state index contributed by atoms with van der Waals surface area (Å²) in [5, 5.41) is 12.8. The number of amides is 1. The number of hydrogen-bond acceptors (Lipinski definition) is 4. The molecule has 0 radical (unpaired) electrons. The number of para-hydroxylation sites is 1. The normalized spacial score (nSPS) is 10.1. The van der Waals surface area contributed by atoms with Crippen molar-refractivity contribution < 1.29 is 14.6 Å². The van der Waals surface area contributed by atoms with Crippen molar-refractivity contribution in [2.75, 3.05) is 18.2 Å². The van der Waals surface area contributed by atoms with Crippen LogP contribution < -0.4 is 15.8 Å². The largest absolute Gasteiger partial charge is 0.505 e. The molecule has 0 saturated carbocycles. The smallest absolute Gasteiger partial charge is 0.259 e. The Morgan fingerprint density at radius 2 is 2.10 bits per heavy atom. The molecular formula is C14H13ClN2O3. The summed E-state index contributed by atoms with van der Waals surface area (Å²) >= 11 is 5.90. The third-order valence-corrected chi connectivity index (χ3v) is 3.03. The molecule has 2 aromatic rings. The summed E-state index contributed by atoms with van der Waals surface area (Å²) in [6, 6.07) is 9.41. The number of ether oxygens (including phenoxy) is 1. The van der Waals surface area contributed by atoms with Gasteiger partial charge in [0.15, 0.2) is 5.75 Å². The summed E-state index contributed by atoms with van der Waals surface area (Å²) in [5.74, 6) is -0.272. The molecule has 0 atom stereocenters. The van der Waals surface area contributed by atoms with Crippen LogP contribution in [-0.4, -0.2) is 18.1 Å². The van der Waals surface area contributed by atoms with Crippen LogP contribution in [-0.2, 0) is 0 Å². The number of rotatable bonds is 3. The Kier molecular flexibility index (Phi) is 4.00. The summed E-state index contributed by atoms with van der Waals surface area (Å²) < 4.78 is 5.06. The van der Waals surface area contributed by atoms with E-state index in [0.717, 1.165) is 0 Å². The van der Waals surface area contributed by atoms with E-state index in [-0.39, 0.29) is 17.0 Å². The van der Waals surface area contributed by atoms with E-state index in [2.05, 4.69) is 5.32 Å². The highest BCUT2D eigenvalue weighted by atomic mass is 35.5. The number of anilines is 2. The number of hydrogen-bond donors (Lipinski definition) is 3. The van der Waals surface area contributed by atoms with Crippen molar-refractivity contribution in [2.24, 2.45) is 0 Å². The van der Waals surface area contributed by atoms with E-state index in [4.69, 9.17) is 22.1 Å². The number of carbonyl (C=O) groups excluding carboxylic acids is 1. The van der Waals surface area contributed by atoms with Gasteiger partial charge in [-0.05, 0) is 24.3 Å². The number of benzene rings is 2. The average molecular weight is 293 g/mol. The zero-order valence-corrected chi connectivity index (χ0v) is 11.4. The summed E-state index contributed by atoms with van der Waals surface area (Å²) in [5.41, 5.74) is 6.29. The molecule has 0 aromatic heterocycles. The van der Waals surface area contributed by atoms with Crippen LogP contribution in [0.3, 0.4) is 0 Å².